The summed E-state index contributed by atoms with van der Waals surface area (Å²) in [5, 5.41) is 0. The lowest BCUT2D eigenvalue weighted by Crippen LogP contribution is -2.21. The molecule has 2 aromatic carbocycles. The lowest BCUT2D eigenvalue weighted by Gasteiger charge is -2.18. The van der Waals surface area contributed by atoms with Crippen molar-refractivity contribution in [3.8, 4) is 34.5 Å². The van der Waals surface area contributed by atoms with E-state index in [-0.39, 0.29) is 0 Å². The zero-order valence-electron chi connectivity index (χ0n) is 26.0. The molecule has 228 valence electrons. The molecule has 8 nitrogen and oxygen atoms in total. The first kappa shape index (κ1) is 32.1. The van der Waals surface area contributed by atoms with Gasteiger partial charge in [-0.2, -0.15) is 0 Å². The van der Waals surface area contributed by atoms with Crippen LogP contribution in [-0.4, -0.2) is 78.6 Å². The molecule has 0 aromatic heterocycles. The van der Waals surface area contributed by atoms with Crippen molar-refractivity contribution in [2.45, 2.75) is 57.8 Å². The molecule has 1 aliphatic rings. The molecule has 0 radical (unpaired) electrons. The highest BCUT2D eigenvalue weighted by Crippen LogP contribution is 2.39. The largest absolute Gasteiger partial charge is 0.493 e. The van der Waals surface area contributed by atoms with Gasteiger partial charge in [0.2, 0.25) is 11.5 Å². The van der Waals surface area contributed by atoms with Crippen LogP contribution in [0.15, 0.2) is 36.7 Å². The minimum absolute atomic E-state index is 0.649. The maximum atomic E-state index is 5.49. The lowest BCUT2D eigenvalue weighted by molar-refractivity contribution is 0.323. The van der Waals surface area contributed by atoms with Crippen LogP contribution in [0.25, 0.3) is 0 Å². The Labute approximate surface area is 247 Å². The molecule has 0 bridgehead atoms. The first-order valence-electron chi connectivity index (χ1n) is 14.8. The fourth-order valence-corrected chi connectivity index (χ4v) is 5.39. The first-order valence-corrected chi connectivity index (χ1v) is 14.8. The summed E-state index contributed by atoms with van der Waals surface area (Å²) in [5.74, 6) is 4.19. The predicted molar refractivity (Wildman–Crippen MR) is 164 cm³/mol. The van der Waals surface area contributed by atoms with Crippen LogP contribution in [-0.2, 0) is 12.8 Å². The van der Waals surface area contributed by atoms with Crippen LogP contribution in [0, 0.1) is 0 Å². The number of benzene rings is 2. The molecule has 0 fully saturated rings. The Morgan fingerprint density at radius 1 is 0.488 bits per heavy atom. The minimum Gasteiger partial charge on any atom is -0.493 e. The number of hydrogen-bond donors (Lipinski definition) is 0. The van der Waals surface area contributed by atoms with Gasteiger partial charge < -0.3 is 38.2 Å². The van der Waals surface area contributed by atoms with Crippen LogP contribution < -0.4 is 28.4 Å². The number of unbranched alkanes of at least 4 members (excludes halogenated alkanes) is 4. The van der Waals surface area contributed by atoms with Gasteiger partial charge in [0.15, 0.2) is 23.0 Å². The zero-order chi connectivity index (χ0) is 29.5. The fraction of sp³-hybridized carbons (Fsp3) is 0.576. The molecule has 0 unspecified atom stereocenters. The molecular weight excluding hydrogens is 520 g/mol. The Bertz CT molecular complexity index is 956. The molecule has 41 heavy (non-hydrogen) atoms. The maximum Gasteiger partial charge on any atom is 0.203 e. The average molecular weight is 571 g/mol. The van der Waals surface area contributed by atoms with E-state index >= 15 is 0 Å². The second-order valence-electron chi connectivity index (χ2n) is 10.4. The van der Waals surface area contributed by atoms with Crippen molar-refractivity contribution >= 4 is 0 Å². The number of nitrogens with zero attached hydrogens (tertiary/aromatic N) is 2. The van der Waals surface area contributed by atoms with Crippen molar-refractivity contribution in [3.05, 3.63) is 47.8 Å². The Balaban J connectivity index is 1.34. The molecule has 2 aromatic rings. The molecule has 3 rings (SSSR count). The van der Waals surface area contributed by atoms with E-state index in [1.54, 1.807) is 42.7 Å². The van der Waals surface area contributed by atoms with Gasteiger partial charge in [0.25, 0.3) is 0 Å². The normalized spacial score (nSPS) is 13.1. The Morgan fingerprint density at radius 2 is 0.854 bits per heavy atom. The molecule has 0 amide bonds. The smallest absolute Gasteiger partial charge is 0.203 e. The Kier molecular flexibility index (Phi) is 13.6. The monoisotopic (exact) mass is 570 g/mol. The molecular formula is C33H50N2O6. The van der Waals surface area contributed by atoms with Crippen molar-refractivity contribution in [2.75, 3.05) is 68.8 Å². The van der Waals surface area contributed by atoms with E-state index in [0.29, 0.717) is 11.5 Å². The summed E-state index contributed by atoms with van der Waals surface area (Å²) >= 11 is 0. The maximum absolute atomic E-state index is 5.49. The Hall–Kier alpha value is -3.42. The van der Waals surface area contributed by atoms with E-state index in [4.69, 9.17) is 28.4 Å². The highest BCUT2D eigenvalue weighted by molar-refractivity contribution is 5.54. The van der Waals surface area contributed by atoms with Crippen molar-refractivity contribution < 1.29 is 28.4 Å². The summed E-state index contributed by atoms with van der Waals surface area (Å²) in [6.45, 7) is 4.46. The second kappa shape index (κ2) is 17.4. The molecule has 0 aliphatic carbocycles. The second-order valence-corrected chi connectivity index (χ2v) is 10.4. The molecule has 0 atom stereocenters. The SMILES string of the molecule is COc1cc(CCCCCN2C=CN(CCCCCc3cc(OC)c(OC)c(OC)c3)CCC2)cc(OC)c1OC. The first-order chi connectivity index (χ1) is 20.1. The standard InChI is InChI=1S/C33H50N2O6/c1-36-28-22-26(23-29(37-2)32(28)40-5)14-9-7-11-16-34-18-13-19-35(21-20-34)17-12-8-10-15-27-24-30(38-3)33(41-6)31(25-27)39-4/h20-25H,7-19H2,1-6H3. The highest BCUT2D eigenvalue weighted by Gasteiger charge is 2.14. The van der Waals surface area contributed by atoms with Crippen molar-refractivity contribution in [3.63, 3.8) is 0 Å². The lowest BCUT2D eigenvalue weighted by atomic mass is 10.1. The van der Waals surface area contributed by atoms with E-state index < -0.39 is 0 Å². The summed E-state index contributed by atoms with van der Waals surface area (Å²) in [5.41, 5.74) is 2.43. The van der Waals surface area contributed by atoms with E-state index in [1.165, 1.54) is 43.2 Å². The zero-order valence-corrected chi connectivity index (χ0v) is 26.0. The van der Waals surface area contributed by atoms with Gasteiger partial charge >= 0.3 is 0 Å². The highest BCUT2D eigenvalue weighted by atomic mass is 16.5. The van der Waals surface area contributed by atoms with E-state index in [0.717, 1.165) is 74.9 Å². The van der Waals surface area contributed by atoms with Gasteiger partial charge in [-0.3, -0.25) is 0 Å². The van der Waals surface area contributed by atoms with Gasteiger partial charge in [0.05, 0.1) is 42.7 Å². The molecule has 1 aliphatic heterocycles. The van der Waals surface area contributed by atoms with Gasteiger partial charge in [-0.05, 0) is 80.3 Å². The van der Waals surface area contributed by atoms with E-state index in [1.807, 2.05) is 0 Å². The van der Waals surface area contributed by atoms with E-state index in [2.05, 4.69) is 46.5 Å². The predicted octanol–water partition coefficient (Wildman–Crippen LogP) is 6.34. The number of methoxy groups -OCH3 is 6. The van der Waals surface area contributed by atoms with Crippen LogP contribution in [0.5, 0.6) is 34.5 Å². The van der Waals surface area contributed by atoms with Crippen LogP contribution in [0.1, 0.15) is 56.1 Å². The number of ether oxygens (including phenoxy) is 6. The summed E-state index contributed by atoms with van der Waals surface area (Å²) in [7, 11) is 9.93. The van der Waals surface area contributed by atoms with Gasteiger partial charge in [-0.1, -0.05) is 12.8 Å². The van der Waals surface area contributed by atoms with Gasteiger partial charge in [0, 0.05) is 38.6 Å². The summed E-state index contributed by atoms with van der Waals surface area (Å²) in [6, 6.07) is 8.23. The molecule has 0 N–H and O–H groups in total. The molecule has 8 heteroatoms. The minimum atomic E-state index is 0.649. The van der Waals surface area contributed by atoms with Crippen LogP contribution in [0.4, 0.5) is 0 Å². The summed E-state index contributed by atoms with van der Waals surface area (Å²) < 4.78 is 32.8. The third-order valence-electron chi connectivity index (χ3n) is 7.65. The molecule has 1 heterocycles. The molecule has 0 saturated heterocycles. The van der Waals surface area contributed by atoms with Gasteiger partial charge in [-0.25, -0.2) is 0 Å². The fourth-order valence-electron chi connectivity index (χ4n) is 5.39. The summed E-state index contributed by atoms with van der Waals surface area (Å²) in [4.78, 5) is 4.95. The van der Waals surface area contributed by atoms with Crippen LogP contribution in [0.3, 0.4) is 0 Å². The van der Waals surface area contributed by atoms with E-state index in [9.17, 15) is 0 Å². The molecule has 0 spiro atoms. The number of hydrogen-bond acceptors (Lipinski definition) is 8. The third kappa shape index (κ3) is 9.58. The average Bonchev–Trinajstić information content (AvgIpc) is 3.24. The number of aryl methyl sites for hydroxylation is 2. The van der Waals surface area contributed by atoms with Crippen molar-refractivity contribution in [1.29, 1.82) is 0 Å². The topological polar surface area (TPSA) is 61.9 Å². The van der Waals surface area contributed by atoms with Crippen LogP contribution in [0.2, 0.25) is 0 Å². The summed E-state index contributed by atoms with van der Waals surface area (Å²) in [6.07, 6.45) is 14.8. The van der Waals surface area contributed by atoms with Gasteiger partial charge in [0.1, 0.15) is 0 Å². The van der Waals surface area contributed by atoms with Gasteiger partial charge in [-0.15, -0.1) is 0 Å². The van der Waals surface area contributed by atoms with Crippen molar-refractivity contribution in [2.24, 2.45) is 0 Å². The quantitative estimate of drug-likeness (QED) is 0.192. The third-order valence-corrected chi connectivity index (χ3v) is 7.65. The Morgan fingerprint density at radius 3 is 1.17 bits per heavy atom. The molecule has 0 saturated carbocycles. The van der Waals surface area contributed by atoms with Crippen LogP contribution >= 0.6 is 0 Å². The number of rotatable bonds is 18. The van der Waals surface area contributed by atoms with Crippen molar-refractivity contribution in [1.82, 2.24) is 9.80 Å².